The Labute approximate surface area is 156 Å². The second-order valence-electron chi connectivity index (χ2n) is 8.43. The molecule has 0 radical (unpaired) electrons. The van der Waals surface area contributed by atoms with Crippen molar-refractivity contribution in [3.05, 3.63) is 0 Å². The first-order valence-corrected chi connectivity index (χ1v) is 9.68. The summed E-state index contributed by atoms with van der Waals surface area (Å²) in [4.78, 5) is 25.1. The third-order valence-corrected chi connectivity index (χ3v) is 6.30. The SMILES string of the molecule is C[C@@H]1[C@@H](O)[C@@H](C)C[C@@H](C)C(=O)[C@H](C)[C@@H](O)[C@@H](C)[C@@H](C)OC(=O)[C@H](C)[C@H]1O. The molecule has 0 aromatic heterocycles. The van der Waals surface area contributed by atoms with Crippen LogP contribution in [0.25, 0.3) is 0 Å². The van der Waals surface area contributed by atoms with Crippen LogP contribution in [0.2, 0.25) is 0 Å². The molecule has 0 amide bonds. The number of aliphatic hydroxyl groups excluding tert-OH is 3. The zero-order chi connectivity index (χ0) is 20.3. The maximum Gasteiger partial charge on any atom is 0.311 e. The van der Waals surface area contributed by atoms with Crippen LogP contribution in [0.5, 0.6) is 0 Å². The van der Waals surface area contributed by atoms with Gasteiger partial charge in [0, 0.05) is 23.7 Å². The molecule has 26 heavy (non-hydrogen) atoms. The Balaban J connectivity index is 3.17. The van der Waals surface area contributed by atoms with Crippen LogP contribution in [0.4, 0.5) is 0 Å². The van der Waals surface area contributed by atoms with E-state index in [0.29, 0.717) is 6.42 Å². The number of aliphatic hydroxyl groups is 3. The molecule has 0 bridgehead atoms. The van der Waals surface area contributed by atoms with Gasteiger partial charge < -0.3 is 20.1 Å². The van der Waals surface area contributed by atoms with E-state index in [4.69, 9.17) is 4.74 Å². The van der Waals surface area contributed by atoms with Crippen molar-refractivity contribution in [3.63, 3.8) is 0 Å². The van der Waals surface area contributed by atoms with Crippen LogP contribution >= 0.6 is 0 Å². The number of Topliss-reactive ketones (excluding diaryl/α,β-unsaturated/α-hetero) is 1. The lowest BCUT2D eigenvalue weighted by molar-refractivity contribution is -0.164. The molecule has 1 fully saturated rings. The molecule has 1 saturated heterocycles. The Morgan fingerprint density at radius 2 is 1.27 bits per heavy atom. The van der Waals surface area contributed by atoms with Crippen molar-refractivity contribution in [3.8, 4) is 0 Å². The molecule has 0 aromatic rings. The van der Waals surface area contributed by atoms with E-state index in [1.165, 1.54) is 0 Å². The monoisotopic (exact) mass is 372 g/mol. The average Bonchev–Trinajstić information content (AvgIpc) is 2.61. The van der Waals surface area contributed by atoms with Crippen molar-refractivity contribution in [2.45, 2.75) is 79.3 Å². The summed E-state index contributed by atoms with van der Waals surface area (Å²) in [7, 11) is 0. The van der Waals surface area contributed by atoms with Gasteiger partial charge in [0.25, 0.3) is 0 Å². The number of hydrogen-bond acceptors (Lipinski definition) is 6. The molecule has 0 aromatic carbocycles. The van der Waals surface area contributed by atoms with Crippen LogP contribution in [0.15, 0.2) is 0 Å². The highest BCUT2D eigenvalue weighted by Gasteiger charge is 2.39. The van der Waals surface area contributed by atoms with Gasteiger partial charge in [0.05, 0.1) is 24.2 Å². The van der Waals surface area contributed by atoms with Crippen molar-refractivity contribution < 1.29 is 29.6 Å². The molecule has 0 unspecified atom stereocenters. The minimum absolute atomic E-state index is 0.0689. The molecule has 1 heterocycles. The standard InChI is InChI=1S/C20H36O6/c1-9-8-10(2)17(22)13(5)19(24)14(6)20(25)26-15(7)11(3)18(23)12(4)16(9)21/h9-15,17-19,22-24H,8H2,1-7H3/t9-,10+,11+,12+,13-,14-,15-,17+,18+,19+/m1/s1. The molecule has 6 heteroatoms. The molecule has 1 rings (SSSR count). The maximum absolute atomic E-state index is 12.7. The van der Waals surface area contributed by atoms with Gasteiger partial charge in [0.2, 0.25) is 0 Å². The summed E-state index contributed by atoms with van der Waals surface area (Å²) in [6.07, 6.45) is -2.98. The maximum atomic E-state index is 12.7. The summed E-state index contributed by atoms with van der Waals surface area (Å²) in [5, 5.41) is 31.6. The number of ketones is 1. The summed E-state index contributed by atoms with van der Waals surface area (Å²) < 4.78 is 5.43. The summed E-state index contributed by atoms with van der Waals surface area (Å²) in [6.45, 7) is 12.0. The number of cyclic esters (lactones) is 1. The zero-order valence-electron chi connectivity index (χ0n) is 17.0. The van der Waals surface area contributed by atoms with E-state index < -0.39 is 54.1 Å². The number of rotatable bonds is 0. The van der Waals surface area contributed by atoms with Crippen LogP contribution in [0, 0.1) is 35.5 Å². The number of ether oxygens (including phenoxy) is 1. The fourth-order valence-electron chi connectivity index (χ4n) is 3.88. The van der Waals surface area contributed by atoms with Gasteiger partial charge in [-0.2, -0.15) is 0 Å². The Bertz CT molecular complexity index is 493. The van der Waals surface area contributed by atoms with Gasteiger partial charge in [-0.1, -0.05) is 34.6 Å². The molecular weight excluding hydrogens is 336 g/mol. The highest BCUT2D eigenvalue weighted by molar-refractivity contribution is 5.83. The summed E-state index contributed by atoms with van der Waals surface area (Å²) in [5.41, 5.74) is 0. The lowest BCUT2D eigenvalue weighted by Gasteiger charge is -2.35. The third kappa shape index (κ3) is 5.05. The first-order chi connectivity index (χ1) is 11.9. The van der Waals surface area contributed by atoms with Crippen LogP contribution in [0.3, 0.4) is 0 Å². The Morgan fingerprint density at radius 1 is 0.769 bits per heavy atom. The first-order valence-electron chi connectivity index (χ1n) is 9.68. The van der Waals surface area contributed by atoms with E-state index in [2.05, 4.69) is 0 Å². The molecule has 0 aliphatic carbocycles. The predicted molar refractivity (Wildman–Crippen MR) is 98.2 cm³/mol. The topological polar surface area (TPSA) is 104 Å². The minimum Gasteiger partial charge on any atom is -0.462 e. The van der Waals surface area contributed by atoms with E-state index in [0.717, 1.165) is 0 Å². The largest absolute Gasteiger partial charge is 0.462 e. The number of carbonyl (C=O) groups is 2. The highest BCUT2D eigenvalue weighted by atomic mass is 16.5. The van der Waals surface area contributed by atoms with E-state index in [9.17, 15) is 24.9 Å². The zero-order valence-corrected chi connectivity index (χ0v) is 17.0. The quantitative estimate of drug-likeness (QED) is 0.560. The van der Waals surface area contributed by atoms with Gasteiger partial charge in [-0.05, 0) is 26.2 Å². The van der Waals surface area contributed by atoms with Crippen molar-refractivity contribution in [2.24, 2.45) is 35.5 Å². The van der Waals surface area contributed by atoms with Crippen LogP contribution < -0.4 is 0 Å². The smallest absolute Gasteiger partial charge is 0.311 e. The molecule has 6 nitrogen and oxygen atoms in total. The molecule has 3 N–H and O–H groups in total. The molecule has 1 aliphatic heterocycles. The molecule has 152 valence electrons. The van der Waals surface area contributed by atoms with Gasteiger partial charge >= 0.3 is 5.97 Å². The fourth-order valence-corrected chi connectivity index (χ4v) is 3.88. The third-order valence-electron chi connectivity index (χ3n) is 6.30. The number of esters is 1. The van der Waals surface area contributed by atoms with Crippen molar-refractivity contribution in [1.82, 2.24) is 0 Å². The van der Waals surface area contributed by atoms with Crippen molar-refractivity contribution in [2.75, 3.05) is 0 Å². The summed E-state index contributed by atoms with van der Waals surface area (Å²) in [6, 6.07) is 0. The summed E-state index contributed by atoms with van der Waals surface area (Å²) >= 11 is 0. The molecule has 1 aliphatic rings. The Morgan fingerprint density at radius 3 is 1.81 bits per heavy atom. The lowest BCUT2D eigenvalue weighted by Crippen LogP contribution is -2.45. The number of carbonyl (C=O) groups excluding carboxylic acids is 2. The van der Waals surface area contributed by atoms with Gasteiger partial charge in [-0.25, -0.2) is 0 Å². The molecule has 10 atom stereocenters. The van der Waals surface area contributed by atoms with Crippen LogP contribution in [-0.4, -0.2) is 51.5 Å². The van der Waals surface area contributed by atoms with Crippen LogP contribution in [0.1, 0.15) is 54.9 Å². The fraction of sp³-hybridized carbons (Fsp3) is 0.900. The van der Waals surface area contributed by atoms with E-state index in [1.54, 1.807) is 41.5 Å². The predicted octanol–water partition coefficient (Wildman–Crippen LogP) is 1.79. The van der Waals surface area contributed by atoms with E-state index >= 15 is 0 Å². The molecule has 0 spiro atoms. The molecular formula is C20H36O6. The highest BCUT2D eigenvalue weighted by Crippen LogP contribution is 2.30. The van der Waals surface area contributed by atoms with Gasteiger partial charge in [0.15, 0.2) is 0 Å². The average molecular weight is 373 g/mol. The Kier molecular flexibility index (Phi) is 8.24. The van der Waals surface area contributed by atoms with Crippen LogP contribution in [-0.2, 0) is 14.3 Å². The molecule has 0 saturated carbocycles. The van der Waals surface area contributed by atoms with E-state index in [-0.39, 0.29) is 17.6 Å². The number of hydrogen-bond donors (Lipinski definition) is 3. The lowest BCUT2D eigenvalue weighted by atomic mass is 9.77. The normalized spacial score (nSPS) is 47.2. The minimum atomic E-state index is -1.06. The second-order valence-corrected chi connectivity index (χ2v) is 8.43. The first kappa shape index (κ1) is 23.1. The van der Waals surface area contributed by atoms with Gasteiger partial charge in [-0.3, -0.25) is 9.59 Å². The van der Waals surface area contributed by atoms with Gasteiger partial charge in [0.1, 0.15) is 11.9 Å². The van der Waals surface area contributed by atoms with E-state index in [1.807, 2.05) is 6.92 Å². The second kappa shape index (κ2) is 9.29. The summed E-state index contributed by atoms with van der Waals surface area (Å²) in [5.74, 6) is -3.52. The Hall–Kier alpha value is -0.980. The van der Waals surface area contributed by atoms with Crippen molar-refractivity contribution >= 4 is 11.8 Å². The van der Waals surface area contributed by atoms with Gasteiger partial charge in [-0.15, -0.1) is 0 Å². The van der Waals surface area contributed by atoms with Crippen molar-refractivity contribution in [1.29, 1.82) is 0 Å².